The van der Waals surface area contributed by atoms with Crippen molar-refractivity contribution in [3.63, 3.8) is 0 Å². The van der Waals surface area contributed by atoms with Gasteiger partial charge < -0.3 is 19.2 Å². The lowest BCUT2D eigenvalue weighted by Gasteiger charge is -2.12. The van der Waals surface area contributed by atoms with E-state index in [9.17, 15) is 5.02 Å². The summed E-state index contributed by atoms with van der Waals surface area (Å²) in [5, 5.41) is 17.9. The van der Waals surface area contributed by atoms with Crippen LogP contribution in [0.5, 0.6) is 11.5 Å². The molecule has 0 bridgehead atoms. The molecule has 2 aromatic rings. The second-order valence-corrected chi connectivity index (χ2v) is 5.81. The van der Waals surface area contributed by atoms with Crippen molar-refractivity contribution in [3.8, 4) is 22.8 Å². The maximum absolute atomic E-state index is 9.54. The molecule has 2 heterocycles. The first-order chi connectivity index (χ1) is 11.7. The Morgan fingerprint density at radius 3 is 2.92 bits per heavy atom. The second-order valence-electron chi connectivity index (χ2n) is 5.81. The SMILES string of the molecule is CCCOc1cc(-c2cc([C@@H]3COB(O)C3)cnn2)ccc1OC. The lowest BCUT2D eigenvalue weighted by Crippen LogP contribution is -2.07. The Morgan fingerprint density at radius 1 is 1.33 bits per heavy atom. The molecule has 0 aliphatic carbocycles. The predicted octanol–water partition coefficient (Wildman–Crippen LogP) is 2.54. The zero-order chi connectivity index (χ0) is 16.9. The van der Waals surface area contributed by atoms with Crippen molar-refractivity contribution in [2.24, 2.45) is 0 Å². The van der Waals surface area contributed by atoms with E-state index in [2.05, 4.69) is 17.1 Å². The molecular formula is C17H21BN2O4. The minimum atomic E-state index is -0.693. The molecule has 0 radical (unpaired) electrons. The average molecular weight is 328 g/mol. The molecule has 1 saturated heterocycles. The number of hydrogen-bond donors (Lipinski definition) is 1. The van der Waals surface area contributed by atoms with Crippen LogP contribution in [0.25, 0.3) is 11.3 Å². The van der Waals surface area contributed by atoms with Gasteiger partial charge in [0.25, 0.3) is 0 Å². The third kappa shape index (κ3) is 3.68. The summed E-state index contributed by atoms with van der Waals surface area (Å²) in [6.45, 7) is 3.19. The van der Waals surface area contributed by atoms with E-state index in [-0.39, 0.29) is 5.92 Å². The van der Waals surface area contributed by atoms with Gasteiger partial charge in [-0.25, -0.2) is 0 Å². The number of nitrogens with zero attached hydrogens (tertiary/aromatic N) is 2. The van der Waals surface area contributed by atoms with Gasteiger partial charge in [-0.1, -0.05) is 6.92 Å². The molecule has 0 saturated carbocycles. The van der Waals surface area contributed by atoms with Crippen molar-refractivity contribution in [2.45, 2.75) is 25.6 Å². The Labute approximate surface area is 141 Å². The van der Waals surface area contributed by atoms with Gasteiger partial charge in [0.05, 0.1) is 25.6 Å². The third-order valence-electron chi connectivity index (χ3n) is 4.04. The van der Waals surface area contributed by atoms with Gasteiger partial charge in [-0.05, 0) is 42.6 Å². The molecule has 1 aromatic carbocycles. The molecule has 3 rings (SSSR count). The van der Waals surface area contributed by atoms with Crippen LogP contribution < -0.4 is 9.47 Å². The number of rotatable bonds is 6. The number of aromatic nitrogens is 2. The van der Waals surface area contributed by atoms with E-state index in [0.29, 0.717) is 31.0 Å². The van der Waals surface area contributed by atoms with Gasteiger partial charge in [0.2, 0.25) is 0 Å². The molecule has 1 atom stereocenters. The highest BCUT2D eigenvalue weighted by Crippen LogP contribution is 2.33. The predicted molar refractivity (Wildman–Crippen MR) is 91.3 cm³/mol. The molecule has 1 fully saturated rings. The first-order valence-electron chi connectivity index (χ1n) is 8.14. The molecule has 1 aliphatic heterocycles. The van der Waals surface area contributed by atoms with Gasteiger partial charge in [-0.15, -0.1) is 0 Å². The highest BCUT2D eigenvalue weighted by atomic mass is 16.5. The summed E-state index contributed by atoms with van der Waals surface area (Å²) in [4.78, 5) is 0. The van der Waals surface area contributed by atoms with Crippen LogP contribution >= 0.6 is 0 Å². The number of methoxy groups -OCH3 is 1. The number of ether oxygens (including phenoxy) is 2. The first kappa shape index (κ1) is 16.7. The van der Waals surface area contributed by atoms with Gasteiger partial charge in [-0.2, -0.15) is 10.2 Å². The van der Waals surface area contributed by atoms with E-state index in [0.717, 1.165) is 23.2 Å². The quantitative estimate of drug-likeness (QED) is 0.822. The van der Waals surface area contributed by atoms with Crippen molar-refractivity contribution in [1.82, 2.24) is 10.2 Å². The summed E-state index contributed by atoms with van der Waals surface area (Å²) in [7, 11) is 0.932. The number of benzene rings is 1. The largest absolute Gasteiger partial charge is 0.493 e. The summed E-state index contributed by atoms with van der Waals surface area (Å²) in [6, 6.07) is 7.72. The zero-order valence-electron chi connectivity index (χ0n) is 13.9. The van der Waals surface area contributed by atoms with Crippen LogP contribution in [0.4, 0.5) is 0 Å². The second kappa shape index (κ2) is 7.64. The van der Waals surface area contributed by atoms with E-state index >= 15 is 0 Å². The maximum atomic E-state index is 9.54. The summed E-state index contributed by atoms with van der Waals surface area (Å²) >= 11 is 0. The zero-order valence-corrected chi connectivity index (χ0v) is 13.9. The molecule has 1 aliphatic rings. The van der Waals surface area contributed by atoms with Gasteiger partial charge in [0.1, 0.15) is 0 Å². The highest BCUT2D eigenvalue weighted by molar-refractivity contribution is 6.43. The van der Waals surface area contributed by atoms with Gasteiger partial charge in [-0.3, -0.25) is 0 Å². The molecule has 7 heteroatoms. The van der Waals surface area contributed by atoms with Crippen LogP contribution in [0.3, 0.4) is 0 Å². The fourth-order valence-electron chi connectivity index (χ4n) is 2.75. The van der Waals surface area contributed by atoms with Crippen LogP contribution in [-0.4, -0.2) is 42.7 Å². The Kier molecular flexibility index (Phi) is 5.32. The lowest BCUT2D eigenvalue weighted by atomic mass is 9.80. The van der Waals surface area contributed by atoms with Crippen LogP contribution in [-0.2, 0) is 4.65 Å². The molecule has 1 N–H and O–H groups in total. The van der Waals surface area contributed by atoms with Crippen LogP contribution in [0.1, 0.15) is 24.8 Å². The van der Waals surface area contributed by atoms with Gasteiger partial charge in [0.15, 0.2) is 11.5 Å². The highest BCUT2D eigenvalue weighted by Gasteiger charge is 2.30. The summed E-state index contributed by atoms with van der Waals surface area (Å²) < 4.78 is 16.3. The van der Waals surface area contributed by atoms with Gasteiger partial charge in [0, 0.05) is 18.1 Å². The van der Waals surface area contributed by atoms with Gasteiger partial charge >= 0.3 is 7.12 Å². The maximum Gasteiger partial charge on any atom is 0.454 e. The van der Waals surface area contributed by atoms with E-state index in [1.807, 2.05) is 24.3 Å². The smallest absolute Gasteiger partial charge is 0.454 e. The topological polar surface area (TPSA) is 73.7 Å². The molecule has 126 valence electrons. The monoisotopic (exact) mass is 328 g/mol. The number of hydrogen-bond acceptors (Lipinski definition) is 6. The third-order valence-corrected chi connectivity index (χ3v) is 4.04. The van der Waals surface area contributed by atoms with E-state index in [4.69, 9.17) is 14.1 Å². The fraction of sp³-hybridized carbons (Fsp3) is 0.412. The standard InChI is InChI=1S/C17H21BN2O4/c1-3-6-23-17-8-12(4-5-16(17)22-2)15-7-13(10-19-20-15)14-9-18(21)24-11-14/h4-5,7-8,10,14,21H,3,6,9,11H2,1-2H3/t14-/m0/s1. The van der Waals surface area contributed by atoms with Crippen LogP contribution in [0.2, 0.25) is 6.32 Å². The minimum absolute atomic E-state index is 0.142. The summed E-state index contributed by atoms with van der Waals surface area (Å²) in [5.41, 5.74) is 2.69. The Balaban J connectivity index is 1.88. The Hall–Kier alpha value is -2.12. The molecule has 6 nitrogen and oxygen atoms in total. The molecule has 0 amide bonds. The summed E-state index contributed by atoms with van der Waals surface area (Å²) in [6.07, 6.45) is 3.23. The Morgan fingerprint density at radius 2 is 2.21 bits per heavy atom. The fourth-order valence-corrected chi connectivity index (χ4v) is 2.75. The molecule has 24 heavy (non-hydrogen) atoms. The van der Waals surface area contributed by atoms with Crippen LogP contribution in [0.15, 0.2) is 30.5 Å². The molecular weight excluding hydrogens is 307 g/mol. The van der Waals surface area contributed by atoms with Crippen molar-refractivity contribution < 1.29 is 19.2 Å². The summed E-state index contributed by atoms with van der Waals surface area (Å²) in [5.74, 6) is 1.54. The first-order valence-corrected chi connectivity index (χ1v) is 8.14. The van der Waals surface area contributed by atoms with E-state index < -0.39 is 7.12 Å². The van der Waals surface area contributed by atoms with E-state index in [1.54, 1.807) is 13.3 Å². The molecule has 0 unspecified atom stereocenters. The Bertz CT molecular complexity index is 698. The molecule has 0 spiro atoms. The molecule has 1 aromatic heterocycles. The van der Waals surface area contributed by atoms with E-state index in [1.165, 1.54) is 0 Å². The van der Waals surface area contributed by atoms with Crippen molar-refractivity contribution in [2.75, 3.05) is 20.3 Å². The normalized spacial score (nSPS) is 17.1. The van der Waals surface area contributed by atoms with Crippen LogP contribution in [0, 0.1) is 0 Å². The van der Waals surface area contributed by atoms with Crippen molar-refractivity contribution >= 4 is 7.12 Å². The van der Waals surface area contributed by atoms with Crippen molar-refractivity contribution in [1.29, 1.82) is 0 Å². The average Bonchev–Trinajstić information content (AvgIpc) is 3.06. The minimum Gasteiger partial charge on any atom is -0.493 e. The lowest BCUT2D eigenvalue weighted by molar-refractivity contribution is 0.292. The van der Waals surface area contributed by atoms with Crippen molar-refractivity contribution in [3.05, 3.63) is 36.0 Å².